The summed E-state index contributed by atoms with van der Waals surface area (Å²) in [6, 6.07) is 3.39. The first-order valence-electron chi connectivity index (χ1n) is 7.01. The van der Waals surface area contributed by atoms with E-state index < -0.39 is 5.60 Å². The number of hydrogen-bond donors (Lipinski definition) is 0. The molecule has 1 amide bonds. The van der Waals surface area contributed by atoms with Crippen LogP contribution in [0.5, 0.6) is 0 Å². The van der Waals surface area contributed by atoms with Crippen LogP contribution in [-0.2, 0) is 9.47 Å². The van der Waals surface area contributed by atoms with Gasteiger partial charge in [-0.1, -0.05) is 6.07 Å². The zero-order chi connectivity index (χ0) is 15.5. The van der Waals surface area contributed by atoms with E-state index in [1.54, 1.807) is 11.0 Å². The summed E-state index contributed by atoms with van der Waals surface area (Å²) in [7, 11) is 0. The molecule has 116 valence electrons. The van der Waals surface area contributed by atoms with Crippen LogP contribution in [-0.4, -0.2) is 48.2 Å². The third kappa shape index (κ3) is 4.54. The van der Waals surface area contributed by atoms with Gasteiger partial charge in [-0.2, -0.15) is 0 Å². The lowest BCUT2D eigenvalue weighted by molar-refractivity contribution is -0.0322. The zero-order valence-electron chi connectivity index (χ0n) is 12.6. The highest BCUT2D eigenvalue weighted by Gasteiger charge is 2.32. The fraction of sp³-hybridized carbons (Fsp3) is 0.600. The van der Waals surface area contributed by atoms with Gasteiger partial charge in [0.05, 0.1) is 24.1 Å². The molecule has 0 aromatic carbocycles. The van der Waals surface area contributed by atoms with E-state index in [1.165, 1.54) is 11.3 Å². The van der Waals surface area contributed by atoms with Gasteiger partial charge >= 0.3 is 6.09 Å². The van der Waals surface area contributed by atoms with Crippen molar-refractivity contribution in [3.8, 4) is 0 Å². The van der Waals surface area contributed by atoms with E-state index in [4.69, 9.17) is 9.47 Å². The van der Waals surface area contributed by atoms with Crippen molar-refractivity contribution in [3.63, 3.8) is 0 Å². The van der Waals surface area contributed by atoms with Crippen molar-refractivity contribution in [1.82, 2.24) is 4.90 Å². The van der Waals surface area contributed by atoms with E-state index in [-0.39, 0.29) is 24.3 Å². The molecular formula is C15H21NO4S. The molecule has 0 aliphatic carbocycles. The Hall–Kier alpha value is -1.40. The molecule has 0 bridgehead atoms. The lowest BCUT2D eigenvalue weighted by Crippen LogP contribution is -2.51. The summed E-state index contributed by atoms with van der Waals surface area (Å²) in [6.45, 7) is 6.79. The molecule has 0 radical (unpaired) electrons. The summed E-state index contributed by atoms with van der Waals surface area (Å²) >= 11 is 1.41. The van der Waals surface area contributed by atoms with Crippen LogP contribution in [0.1, 0.15) is 36.9 Å². The third-order valence-electron chi connectivity index (χ3n) is 3.07. The summed E-state index contributed by atoms with van der Waals surface area (Å²) in [4.78, 5) is 26.8. The van der Waals surface area contributed by atoms with Crippen molar-refractivity contribution in [3.05, 3.63) is 22.4 Å². The number of carbonyl (C=O) groups is 2. The average Bonchev–Trinajstić information content (AvgIpc) is 2.91. The summed E-state index contributed by atoms with van der Waals surface area (Å²) in [6.07, 6.45) is -0.116. The maximum absolute atomic E-state index is 12.2. The van der Waals surface area contributed by atoms with Gasteiger partial charge in [0.25, 0.3) is 0 Å². The topological polar surface area (TPSA) is 55.8 Å². The Kier molecular flexibility index (Phi) is 5.00. The van der Waals surface area contributed by atoms with E-state index >= 15 is 0 Å². The Morgan fingerprint density at radius 1 is 1.48 bits per heavy atom. The number of rotatable bonds is 3. The lowest BCUT2D eigenvalue weighted by Gasteiger charge is -2.36. The molecule has 1 aromatic rings. The largest absolute Gasteiger partial charge is 0.444 e. The number of Topliss-reactive ketones (excluding diaryl/α,β-unsaturated/α-hetero) is 1. The Bertz CT molecular complexity index is 492. The van der Waals surface area contributed by atoms with Crippen LogP contribution < -0.4 is 0 Å². The Balaban J connectivity index is 2.02. The minimum Gasteiger partial charge on any atom is -0.444 e. The van der Waals surface area contributed by atoms with Gasteiger partial charge in [0.2, 0.25) is 0 Å². The normalized spacial score (nSPS) is 19.4. The van der Waals surface area contributed by atoms with Crippen LogP contribution in [0.3, 0.4) is 0 Å². The predicted octanol–water partition coefficient (Wildman–Crippen LogP) is 2.96. The monoisotopic (exact) mass is 311 g/mol. The number of morpholine rings is 1. The van der Waals surface area contributed by atoms with E-state index in [9.17, 15) is 9.59 Å². The molecule has 1 unspecified atom stereocenters. The van der Waals surface area contributed by atoms with Gasteiger partial charge in [-0.3, -0.25) is 4.79 Å². The standard InChI is InChI=1S/C15H21NO4S/c1-15(2,3)20-14(18)16-6-7-19-10-11(16)9-12(17)13-5-4-8-21-13/h4-5,8,11H,6-7,9-10H2,1-3H3. The molecule has 0 saturated carbocycles. The van der Waals surface area contributed by atoms with Crippen molar-refractivity contribution in [2.75, 3.05) is 19.8 Å². The van der Waals surface area contributed by atoms with Crippen molar-refractivity contribution in [2.45, 2.75) is 38.8 Å². The first kappa shape index (κ1) is 16.0. The third-order valence-corrected chi connectivity index (χ3v) is 3.98. The summed E-state index contributed by atoms with van der Waals surface area (Å²) in [5.74, 6) is 0.0362. The molecule has 0 spiro atoms. The minimum absolute atomic E-state index is 0.0362. The molecule has 21 heavy (non-hydrogen) atoms. The Morgan fingerprint density at radius 3 is 2.86 bits per heavy atom. The van der Waals surface area contributed by atoms with Crippen LogP contribution in [0.15, 0.2) is 17.5 Å². The molecule has 1 aliphatic rings. The molecule has 0 N–H and O–H groups in total. The average molecular weight is 311 g/mol. The van der Waals surface area contributed by atoms with Crippen LogP contribution >= 0.6 is 11.3 Å². The predicted molar refractivity (Wildman–Crippen MR) is 80.8 cm³/mol. The van der Waals surface area contributed by atoms with Crippen LogP contribution in [0, 0.1) is 0 Å². The Morgan fingerprint density at radius 2 is 2.24 bits per heavy atom. The van der Waals surface area contributed by atoms with Crippen molar-refractivity contribution < 1.29 is 19.1 Å². The van der Waals surface area contributed by atoms with Gasteiger partial charge in [0.1, 0.15) is 5.60 Å². The fourth-order valence-corrected chi connectivity index (χ4v) is 2.81. The maximum atomic E-state index is 12.2. The lowest BCUT2D eigenvalue weighted by atomic mass is 10.1. The van der Waals surface area contributed by atoms with Gasteiger partial charge < -0.3 is 14.4 Å². The van der Waals surface area contributed by atoms with Gasteiger partial charge in [0.15, 0.2) is 5.78 Å². The molecule has 1 atom stereocenters. The van der Waals surface area contributed by atoms with Gasteiger partial charge in [0, 0.05) is 13.0 Å². The van der Waals surface area contributed by atoms with E-state index in [0.717, 1.165) is 0 Å². The highest BCUT2D eigenvalue weighted by atomic mass is 32.1. The van der Waals surface area contributed by atoms with E-state index in [0.29, 0.717) is 24.6 Å². The quantitative estimate of drug-likeness (QED) is 0.805. The molecule has 1 saturated heterocycles. The Labute approximate surface area is 128 Å². The number of ether oxygens (including phenoxy) is 2. The number of amides is 1. The highest BCUT2D eigenvalue weighted by molar-refractivity contribution is 7.12. The maximum Gasteiger partial charge on any atom is 0.410 e. The molecule has 1 aliphatic heterocycles. The molecular weight excluding hydrogens is 290 g/mol. The second-order valence-corrected chi connectivity index (χ2v) is 6.95. The van der Waals surface area contributed by atoms with Crippen molar-refractivity contribution >= 4 is 23.2 Å². The van der Waals surface area contributed by atoms with Gasteiger partial charge in [-0.25, -0.2) is 4.79 Å². The first-order valence-corrected chi connectivity index (χ1v) is 7.89. The number of carbonyl (C=O) groups excluding carboxylic acids is 2. The van der Waals surface area contributed by atoms with Crippen molar-refractivity contribution in [1.29, 1.82) is 0 Å². The highest BCUT2D eigenvalue weighted by Crippen LogP contribution is 2.19. The van der Waals surface area contributed by atoms with Crippen molar-refractivity contribution in [2.24, 2.45) is 0 Å². The molecule has 6 heteroatoms. The number of thiophene rings is 1. The summed E-state index contributed by atoms with van der Waals surface area (Å²) < 4.78 is 10.8. The minimum atomic E-state index is -0.544. The molecule has 1 aromatic heterocycles. The first-order chi connectivity index (χ1) is 9.87. The zero-order valence-corrected chi connectivity index (χ0v) is 13.4. The smallest absolute Gasteiger partial charge is 0.410 e. The molecule has 2 heterocycles. The number of nitrogens with zero attached hydrogens (tertiary/aromatic N) is 1. The molecule has 1 fully saturated rings. The van der Waals surface area contributed by atoms with Crippen LogP contribution in [0.2, 0.25) is 0 Å². The second-order valence-electron chi connectivity index (χ2n) is 6.01. The van der Waals surface area contributed by atoms with Crippen LogP contribution in [0.25, 0.3) is 0 Å². The summed E-state index contributed by atoms with van der Waals surface area (Å²) in [5, 5.41) is 1.87. The van der Waals surface area contributed by atoms with Gasteiger partial charge in [-0.15, -0.1) is 11.3 Å². The van der Waals surface area contributed by atoms with E-state index in [2.05, 4.69) is 0 Å². The van der Waals surface area contributed by atoms with Crippen LogP contribution in [0.4, 0.5) is 4.79 Å². The van der Waals surface area contributed by atoms with Gasteiger partial charge in [-0.05, 0) is 32.2 Å². The molecule has 2 rings (SSSR count). The number of ketones is 1. The second kappa shape index (κ2) is 6.58. The SMILES string of the molecule is CC(C)(C)OC(=O)N1CCOCC1CC(=O)c1cccs1. The molecule has 5 nitrogen and oxygen atoms in total. The summed E-state index contributed by atoms with van der Waals surface area (Å²) in [5.41, 5.74) is -0.544. The fourth-order valence-electron chi connectivity index (χ4n) is 2.14. The number of hydrogen-bond acceptors (Lipinski definition) is 5. The van der Waals surface area contributed by atoms with E-state index in [1.807, 2.05) is 32.2 Å².